The number of nitrogens with zero attached hydrogens (tertiary/aromatic N) is 1. The number of hydrogen-bond donors (Lipinski definition) is 1. The molecule has 0 aromatic heterocycles. The molecular formula is C21H22N2O3. The lowest BCUT2D eigenvalue weighted by Gasteiger charge is -2.08. The number of amides is 1. The molecule has 0 saturated carbocycles. The quantitative estimate of drug-likeness (QED) is 0.450. The van der Waals surface area contributed by atoms with Crippen molar-refractivity contribution in [3.63, 3.8) is 0 Å². The first kappa shape index (κ1) is 19.1. The van der Waals surface area contributed by atoms with Gasteiger partial charge in [-0.15, -0.1) is 0 Å². The molecule has 0 heterocycles. The Morgan fingerprint density at radius 2 is 1.85 bits per heavy atom. The van der Waals surface area contributed by atoms with Gasteiger partial charge in [0, 0.05) is 6.54 Å². The van der Waals surface area contributed by atoms with Gasteiger partial charge in [0.15, 0.2) is 11.5 Å². The van der Waals surface area contributed by atoms with Gasteiger partial charge in [-0.05, 0) is 42.2 Å². The Morgan fingerprint density at radius 1 is 1.12 bits per heavy atom. The van der Waals surface area contributed by atoms with E-state index in [1.54, 1.807) is 25.3 Å². The number of hydrogen-bond acceptors (Lipinski definition) is 4. The molecule has 0 atom stereocenters. The minimum atomic E-state index is -0.379. The molecule has 0 spiro atoms. The summed E-state index contributed by atoms with van der Waals surface area (Å²) >= 11 is 0. The number of methoxy groups -OCH3 is 2. The summed E-state index contributed by atoms with van der Waals surface area (Å²) in [5.41, 5.74) is 1.97. The molecule has 0 bridgehead atoms. The highest BCUT2D eigenvalue weighted by atomic mass is 16.5. The zero-order valence-electron chi connectivity index (χ0n) is 15.0. The third-order valence-electron chi connectivity index (χ3n) is 3.85. The number of benzene rings is 2. The molecule has 0 unspecified atom stereocenters. The first-order valence-electron chi connectivity index (χ1n) is 8.34. The summed E-state index contributed by atoms with van der Waals surface area (Å²) in [6.07, 6.45) is 3.22. The molecule has 1 amide bonds. The second-order valence-electron chi connectivity index (χ2n) is 5.63. The smallest absolute Gasteiger partial charge is 0.261 e. The van der Waals surface area contributed by atoms with Crippen LogP contribution < -0.4 is 14.8 Å². The summed E-state index contributed by atoms with van der Waals surface area (Å²) < 4.78 is 10.4. The largest absolute Gasteiger partial charge is 0.493 e. The van der Waals surface area contributed by atoms with E-state index in [9.17, 15) is 10.1 Å². The number of nitrogens with one attached hydrogen (secondary N) is 1. The number of aryl methyl sites for hydroxylation is 1. The Kier molecular flexibility index (Phi) is 7.26. The summed E-state index contributed by atoms with van der Waals surface area (Å²) in [5, 5.41) is 12.1. The Bertz CT molecular complexity index is 808. The number of ether oxygens (including phenoxy) is 2. The molecule has 0 fully saturated rings. The van der Waals surface area contributed by atoms with Crippen LogP contribution in [0.25, 0.3) is 6.08 Å². The summed E-state index contributed by atoms with van der Waals surface area (Å²) in [6.45, 7) is 0.513. The topological polar surface area (TPSA) is 71.3 Å². The van der Waals surface area contributed by atoms with Gasteiger partial charge < -0.3 is 14.8 Å². The normalized spacial score (nSPS) is 10.7. The van der Waals surface area contributed by atoms with Gasteiger partial charge in [-0.3, -0.25) is 4.79 Å². The van der Waals surface area contributed by atoms with Crippen LogP contribution in [0.15, 0.2) is 54.1 Å². The van der Waals surface area contributed by atoms with E-state index in [0.29, 0.717) is 23.6 Å². The number of carbonyl (C=O) groups is 1. The first-order chi connectivity index (χ1) is 12.7. The van der Waals surface area contributed by atoms with Crippen LogP contribution in [0.3, 0.4) is 0 Å². The molecule has 5 heteroatoms. The van der Waals surface area contributed by atoms with E-state index >= 15 is 0 Å². The van der Waals surface area contributed by atoms with E-state index in [1.807, 2.05) is 24.3 Å². The van der Waals surface area contributed by atoms with Crippen LogP contribution in [0.4, 0.5) is 0 Å². The zero-order valence-corrected chi connectivity index (χ0v) is 15.0. The third kappa shape index (κ3) is 5.38. The van der Waals surface area contributed by atoms with Crippen molar-refractivity contribution in [2.75, 3.05) is 20.8 Å². The average Bonchev–Trinajstić information content (AvgIpc) is 2.69. The van der Waals surface area contributed by atoms with Crippen LogP contribution in [0.1, 0.15) is 17.5 Å². The van der Waals surface area contributed by atoms with Gasteiger partial charge in [-0.2, -0.15) is 5.26 Å². The van der Waals surface area contributed by atoms with Gasteiger partial charge in [-0.25, -0.2) is 0 Å². The zero-order chi connectivity index (χ0) is 18.8. The lowest BCUT2D eigenvalue weighted by Crippen LogP contribution is -2.25. The van der Waals surface area contributed by atoms with Crippen LogP contribution >= 0.6 is 0 Å². The minimum Gasteiger partial charge on any atom is -0.493 e. The van der Waals surface area contributed by atoms with Gasteiger partial charge in [0.2, 0.25) is 0 Å². The van der Waals surface area contributed by atoms with E-state index < -0.39 is 0 Å². The van der Waals surface area contributed by atoms with E-state index in [-0.39, 0.29) is 11.5 Å². The van der Waals surface area contributed by atoms with Gasteiger partial charge in [0.25, 0.3) is 5.91 Å². The second kappa shape index (κ2) is 9.90. The highest BCUT2D eigenvalue weighted by Gasteiger charge is 2.10. The highest BCUT2D eigenvalue weighted by molar-refractivity contribution is 6.01. The summed E-state index contributed by atoms with van der Waals surface area (Å²) in [5.74, 6) is 0.755. The summed E-state index contributed by atoms with van der Waals surface area (Å²) in [6, 6.07) is 17.2. The van der Waals surface area contributed by atoms with E-state index in [4.69, 9.17) is 9.47 Å². The molecule has 0 aliphatic carbocycles. The van der Waals surface area contributed by atoms with Crippen molar-refractivity contribution in [2.45, 2.75) is 12.8 Å². The van der Waals surface area contributed by atoms with Crippen LogP contribution in [-0.4, -0.2) is 26.7 Å². The molecule has 2 aromatic carbocycles. The van der Waals surface area contributed by atoms with Crippen LogP contribution in [0.5, 0.6) is 11.5 Å². The van der Waals surface area contributed by atoms with Gasteiger partial charge in [-0.1, -0.05) is 36.4 Å². The fourth-order valence-electron chi connectivity index (χ4n) is 2.49. The van der Waals surface area contributed by atoms with Crippen molar-refractivity contribution < 1.29 is 14.3 Å². The van der Waals surface area contributed by atoms with Gasteiger partial charge in [0.1, 0.15) is 11.6 Å². The van der Waals surface area contributed by atoms with Crippen LogP contribution in [0.2, 0.25) is 0 Å². The predicted molar refractivity (Wildman–Crippen MR) is 101 cm³/mol. The number of nitriles is 1. The Hall–Kier alpha value is -3.26. The van der Waals surface area contributed by atoms with Crippen molar-refractivity contribution >= 4 is 12.0 Å². The van der Waals surface area contributed by atoms with Crippen molar-refractivity contribution in [1.29, 1.82) is 5.26 Å². The molecule has 0 aliphatic heterocycles. The average molecular weight is 350 g/mol. The van der Waals surface area contributed by atoms with Crippen molar-refractivity contribution in [3.05, 3.63) is 65.2 Å². The summed E-state index contributed by atoms with van der Waals surface area (Å²) in [4.78, 5) is 12.2. The predicted octanol–water partition coefficient (Wildman–Crippen LogP) is 3.36. The van der Waals surface area contributed by atoms with Gasteiger partial charge in [0.05, 0.1) is 14.2 Å². The maximum atomic E-state index is 12.2. The lowest BCUT2D eigenvalue weighted by molar-refractivity contribution is -0.117. The van der Waals surface area contributed by atoms with E-state index in [1.165, 1.54) is 18.7 Å². The SMILES string of the molecule is COc1ccc(/C=C(/C#N)C(=O)NCCCc2ccccc2)cc1OC. The monoisotopic (exact) mass is 350 g/mol. The molecule has 0 aliphatic rings. The van der Waals surface area contributed by atoms with E-state index in [0.717, 1.165) is 12.8 Å². The molecule has 134 valence electrons. The molecule has 0 saturated heterocycles. The van der Waals surface area contributed by atoms with Crippen LogP contribution in [-0.2, 0) is 11.2 Å². The van der Waals surface area contributed by atoms with Crippen LogP contribution in [0, 0.1) is 11.3 Å². The number of carbonyl (C=O) groups excluding carboxylic acids is 1. The van der Waals surface area contributed by atoms with Crippen molar-refractivity contribution in [1.82, 2.24) is 5.32 Å². The lowest BCUT2D eigenvalue weighted by atomic mass is 10.1. The highest BCUT2D eigenvalue weighted by Crippen LogP contribution is 2.28. The van der Waals surface area contributed by atoms with Gasteiger partial charge >= 0.3 is 0 Å². The molecular weight excluding hydrogens is 328 g/mol. The Labute approximate surface area is 153 Å². The summed E-state index contributed by atoms with van der Waals surface area (Å²) in [7, 11) is 3.09. The third-order valence-corrected chi connectivity index (χ3v) is 3.85. The first-order valence-corrected chi connectivity index (χ1v) is 8.34. The Balaban J connectivity index is 1.95. The maximum Gasteiger partial charge on any atom is 0.261 e. The molecule has 1 N–H and O–H groups in total. The second-order valence-corrected chi connectivity index (χ2v) is 5.63. The molecule has 2 aromatic rings. The molecule has 26 heavy (non-hydrogen) atoms. The standard InChI is InChI=1S/C21H22N2O3/c1-25-19-11-10-17(14-20(19)26-2)13-18(15-22)21(24)23-12-6-9-16-7-4-3-5-8-16/h3-5,7-8,10-11,13-14H,6,9,12H2,1-2H3,(H,23,24)/b18-13-. The fourth-order valence-corrected chi connectivity index (χ4v) is 2.49. The fraction of sp³-hybridized carbons (Fsp3) is 0.238. The number of rotatable bonds is 8. The molecule has 2 rings (SSSR count). The van der Waals surface area contributed by atoms with Crippen molar-refractivity contribution in [2.24, 2.45) is 0 Å². The minimum absolute atomic E-state index is 0.0527. The van der Waals surface area contributed by atoms with Crippen molar-refractivity contribution in [3.8, 4) is 17.6 Å². The molecule has 0 radical (unpaired) electrons. The molecule has 5 nitrogen and oxygen atoms in total. The Morgan fingerprint density at radius 3 is 2.50 bits per heavy atom. The van der Waals surface area contributed by atoms with E-state index in [2.05, 4.69) is 17.4 Å². The maximum absolute atomic E-state index is 12.2.